The lowest BCUT2D eigenvalue weighted by atomic mass is 10.0. The summed E-state index contributed by atoms with van der Waals surface area (Å²) >= 11 is 0. The molecule has 0 atom stereocenters. The maximum absolute atomic E-state index is 10.9. The maximum Gasteiger partial charge on any atom is 0.244 e. The van der Waals surface area contributed by atoms with E-state index in [2.05, 4.69) is 13.0 Å². The third-order valence-corrected chi connectivity index (χ3v) is 2.46. The van der Waals surface area contributed by atoms with Crippen LogP contribution in [-0.2, 0) is 11.2 Å². The Morgan fingerprint density at radius 2 is 2.23 bits per heavy atom. The Bertz CT molecular complexity index is 405. The number of rotatable bonds is 1. The highest BCUT2D eigenvalue weighted by Crippen LogP contribution is 2.26. The Kier molecular flexibility index (Phi) is 1.69. The monoisotopic (exact) mass is 173 g/mol. The van der Waals surface area contributed by atoms with E-state index in [1.54, 1.807) is 0 Å². The Morgan fingerprint density at radius 1 is 1.46 bits per heavy atom. The van der Waals surface area contributed by atoms with Crippen LogP contribution in [0.5, 0.6) is 0 Å². The highest BCUT2D eigenvalue weighted by molar-refractivity contribution is 5.99. The molecule has 2 nitrogen and oxygen atoms in total. The van der Waals surface area contributed by atoms with E-state index < -0.39 is 0 Å². The molecule has 0 saturated heterocycles. The van der Waals surface area contributed by atoms with Gasteiger partial charge < -0.3 is 5.73 Å². The average Bonchev–Trinajstić information content (AvgIpc) is 2.49. The van der Waals surface area contributed by atoms with Gasteiger partial charge in [-0.2, -0.15) is 0 Å². The van der Waals surface area contributed by atoms with Gasteiger partial charge in [-0.25, -0.2) is 0 Å². The third-order valence-electron chi connectivity index (χ3n) is 2.46. The summed E-state index contributed by atoms with van der Waals surface area (Å²) in [5.74, 6) is -0.310. The van der Waals surface area contributed by atoms with Crippen molar-refractivity contribution in [2.75, 3.05) is 0 Å². The molecular formula is C11H11NO. The highest BCUT2D eigenvalue weighted by Gasteiger charge is 2.17. The first kappa shape index (κ1) is 8.05. The van der Waals surface area contributed by atoms with Gasteiger partial charge in [0.15, 0.2) is 0 Å². The number of hydrogen-bond acceptors (Lipinski definition) is 1. The molecule has 13 heavy (non-hydrogen) atoms. The molecular weight excluding hydrogens is 162 g/mol. The first-order valence-corrected chi connectivity index (χ1v) is 4.27. The van der Waals surface area contributed by atoms with E-state index in [0.29, 0.717) is 12.0 Å². The average molecular weight is 173 g/mol. The number of benzene rings is 1. The maximum atomic E-state index is 10.9. The Labute approximate surface area is 77.1 Å². The summed E-state index contributed by atoms with van der Waals surface area (Å²) in [7, 11) is 0. The highest BCUT2D eigenvalue weighted by atomic mass is 16.1. The summed E-state index contributed by atoms with van der Waals surface area (Å²) in [5, 5.41) is 0. The SMILES string of the molecule is Cc1cccc2c1CC(C(N)=O)=C2. The van der Waals surface area contributed by atoms with E-state index in [1.165, 1.54) is 11.1 Å². The van der Waals surface area contributed by atoms with Gasteiger partial charge in [0, 0.05) is 12.0 Å². The van der Waals surface area contributed by atoms with Gasteiger partial charge in [-0.3, -0.25) is 4.79 Å². The minimum absolute atomic E-state index is 0.310. The summed E-state index contributed by atoms with van der Waals surface area (Å²) in [5.41, 5.74) is 9.52. The smallest absolute Gasteiger partial charge is 0.244 e. The number of amides is 1. The number of carbonyl (C=O) groups is 1. The van der Waals surface area contributed by atoms with Crippen LogP contribution in [0.3, 0.4) is 0 Å². The van der Waals surface area contributed by atoms with Crippen molar-refractivity contribution in [1.82, 2.24) is 0 Å². The largest absolute Gasteiger partial charge is 0.366 e. The van der Waals surface area contributed by atoms with Crippen molar-refractivity contribution in [2.24, 2.45) is 5.73 Å². The quantitative estimate of drug-likeness (QED) is 0.685. The van der Waals surface area contributed by atoms with E-state index in [0.717, 1.165) is 5.56 Å². The molecule has 0 heterocycles. The van der Waals surface area contributed by atoms with Crippen molar-refractivity contribution in [3.8, 4) is 0 Å². The molecule has 0 saturated carbocycles. The second-order valence-electron chi connectivity index (χ2n) is 3.35. The number of aryl methyl sites for hydroxylation is 1. The fraction of sp³-hybridized carbons (Fsp3) is 0.182. The summed E-state index contributed by atoms with van der Waals surface area (Å²) in [6, 6.07) is 6.06. The van der Waals surface area contributed by atoms with E-state index in [1.807, 2.05) is 18.2 Å². The first-order chi connectivity index (χ1) is 6.18. The number of primary amides is 1. The van der Waals surface area contributed by atoms with E-state index in [-0.39, 0.29) is 5.91 Å². The molecule has 0 unspecified atom stereocenters. The molecule has 1 aromatic carbocycles. The van der Waals surface area contributed by atoms with Crippen molar-refractivity contribution >= 4 is 12.0 Å². The third kappa shape index (κ3) is 1.24. The van der Waals surface area contributed by atoms with Gasteiger partial charge in [0.2, 0.25) is 5.91 Å². The molecule has 1 amide bonds. The number of hydrogen-bond donors (Lipinski definition) is 1. The van der Waals surface area contributed by atoms with Crippen LogP contribution >= 0.6 is 0 Å². The molecule has 0 bridgehead atoms. The normalized spacial score (nSPS) is 13.8. The molecule has 66 valence electrons. The predicted octanol–water partition coefficient (Wildman–Crippen LogP) is 1.42. The lowest BCUT2D eigenvalue weighted by molar-refractivity contribution is -0.114. The molecule has 0 radical (unpaired) electrons. The lowest BCUT2D eigenvalue weighted by Gasteiger charge is -2.01. The molecule has 0 fully saturated rings. The zero-order valence-electron chi connectivity index (χ0n) is 7.50. The molecule has 1 aliphatic rings. The molecule has 2 rings (SSSR count). The van der Waals surface area contributed by atoms with Crippen LogP contribution < -0.4 is 5.73 Å². The fourth-order valence-electron chi connectivity index (χ4n) is 1.69. The van der Waals surface area contributed by atoms with Gasteiger partial charge in [-0.05, 0) is 29.7 Å². The van der Waals surface area contributed by atoms with E-state index in [4.69, 9.17) is 5.73 Å². The minimum Gasteiger partial charge on any atom is -0.366 e. The van der Waals surface area contributed by atoms with Crippen LogP contribution in [0.1, 0.15) is 16.7 Å². The standard InChI is InChI=1S/C11H11NO/c1-7-3-2-4-8-5-9(11(12)13)6-10(7)8/h2-5H,6H2,1H3,(H2,12,13). The van der Waals surface area contributed by atoms with Crippen LogP contribution in [0.2, 0.25) is 0 Å². The van der Waals surface area contributed by atoms with Gasteiger partial charge in [-0.1, -0.05) is 18.2 Å². The first-order valence-electron chi connectivity index (χ1n) is 4.27. The Morgan fingerprint density at radius 3 is 2.85 bits per heavy atom. The summed E-state index contributed by atoms with van der Waals surface area (Å²) in [4.78, 5) is 10.9. The molecule has 2 N–H and O–H groups in total. The van der Waals surface area contributed by atoms with Gasteiger partial charge in [-0.15, -0.1) is 0 Å². The van der Waals surface area contributed by atoms with E-state index >= 15 is 0 Å². The van der Waals surface area contributed by atoms with Gasteiger partial charge in [0.1, 0.15) is 0 Å². The van der Waals surface area contributed by atoms with Crippen LogP contribution in [-0.4, -0.2) is 5.91 Å². The van der Waals surface area contributed by atoms with Crippen LogP contribution in [0, 0.1) is 6.92 Å². The summed E-state index contributed by atoms with van der Waals surface area (Å²) in [6.07, 6.45) is 2.57. The van der Waals surface area contributed by atoms with Gasteiger partial charge in [0.05, 0.1) is 0 Å². The van der Waals surface area contributed by atoms with E-state index in [9.17, 15) is 4.79 Å². The van der Waals surface area contributed by atoms with Crippen LogP contribution in [0.15, 0.2) is 23.8 Å². The second kappa shape index (κ2) is 2.73. The molecule has 0 aliphatic heterocycles. The van der Waals surface area contributed by atoms with Crippen molar-refractivity contribution in [2.45, 2.75) is 13.3 Å². The molecule has 1 aliphatic carbocycles. The van der Waals surface area contributed by atoms with Crippen molar-refractivity contribution in [3.05, 3.63) is 40.5 Å². The molecule has 2 heteroatoms. The molecule has 0 aromatic heterocycles. The topological polar surface area (TPSA) is 43.1 Å². The molecule has 1 aromatic rings. The number of fused-ring (bicyclic) bond motifs is 1. The minimum atomic E-state index is -0.310. The Balaban J connectivity index is 2.46. The fourth-order valence-corrected chi connectivity index (χ4v) is 1.69. The number of nitrogens with two attached hydrogens (primary N) is 1. The van der Waals surface area contributed by atoms with Gasteiger partial charge in [0.25, 0.3) is 0 Å². The van der Waals surface area contributed by atoms with Gasteiger partial charge >= 0.3 is 0 Å². The second-order valence-corrected chi connectivity index (χ2v) is 3.35. The zero-order valence-corrected chi connectivity index (χ0v) is 7.50. The zero-order chi connectivity index (χ0) is 9.42. The van der Waals surface area contributed by atoms with Crippen LogP contribution in [0.25, 0.3) is 6.08 Å². The summed E-state index contributed by atoms with van der Waals surface area (Å²) in [6.45, 7) is 2.05. The Hall–Kier alpha value is -1.57. The lowest BCUT2D eigenvalue weighted by Crippen LogP contribution is -2.13. The van der Waals surface area contributed by atoms with Crippen molar-refractivity contribution in [3.63, 3.8) is 0 Å². The number of carbonyl (C=O) groups excluding carboxylic acids is 1. The summed E-state index contributed by atoms with van der Waals surface area (Å²) < 4.78 is 0. The van der Waals surface area contributed by atoms with Crippen LogP contribution in [0.4, 0.5) is 0 Å². The van der Waals surface area contributed by atoms with Crippen molar-refractivity contribution < 1.29 is 4.79 Å². The predicted molar refractivity (Wildman–Crippen MR) is 52.1 cm³/mol. The van der Waals surface area contributed by atoms with Crippen molar-refractivity contribution in [1.29, 1.82) is 0 Å². The molecule has 0 spiro atoms.